The summed E-state index contributed by atoms with van der Waals surface area (Å²) in [4.78, 5) is 23.4. The third-order valence-electron chi connectivity index (χ3n) is 5.91. The molecule has 1 amide bonds. The third-order valence-corrected chi connectivity index (χ3v) is 5.91. The maximum Gasteiger partial charge on any atom is 0.226 e. The van der Waals surface area contributed by atoms with Crippen molar-refractivity contribution < 1.29 is 4.79 Å². The van der Waals surface area contributed by atoms with E-state index in [-0.39, 0.29) is 17.4 Å². The van der Waals surface area contributed by atoms with E-state index in [1.807, 2.05) is 13.8 Å². The smallest absolute Gasteiger partial charge is 0.226 e. The number of fused-ring (bicyclic) bond motifs is 3. The third kappa shape index (κ3) is 1.97. The molecular weight excluding hydrogens is 286 g/mol. The van der Waals surface area contributed by atoms with Gasteiger partial charge in [0.25, 0.3) is 0 Å². The minimum atomic E-state index is -0.294. The predicted octanol–water partition coefficient (Wildman–Crippen LogP) is 3.75. The Morgan fingerprint density at radius 1 is 1.39 bits per heavy atom. The molecule has 2 aliphatic rings. The maximum absolute atomic E-state index is 12.9. The van der Waals surface area contributed by atoms with E-state index in [9.17, 15) is 4.79 Å². The summed E-state index contributed by atoms with van der Waals surface area (Å²) in [5.41, 5.74) is 2.99. The molecule has 4 nitrogen and oxygen atoms in total. The molecule has 2 bridgehead atoms. The monoisotopic (exact) mass is 311 g/mol. The number of amides is 1. The van der Waals surface area contributed by atoms with Crippen molar-refractivity contribution in [1.82, 2.24) is 14.9 Å². The molecule has 0 spiro atoms. The van der Waals surface area contributed by atoms with Crippen molar-refractivity contribution in [2.24, 2.45) is 11.8 Å². The standard InChI is InChI=1S/C19H25N3O/c1-11(2)17(23)22-14-7-6-13(10-14)19(22,4)18-20-15-8-5-12(3)9-16(15)21-18/h5,8-9,11,13-14H,6-7,10H2,1-4H3,(H,20,21)/t13?,14?,19-/m0/s1. The minimum absolute atomic E-state index is 0.0281. The van der Waals surface area contributed by atoms with Crippen molar-refractivity contribution in [3.05, 3.63) is 29.6 Å². The van der Waals surface area contributed by atoms with Crippen LogP contribution in [0.25, 0.3) is 11.0 Å². The lowest BCUT2D eigenvalue weighted by atomic mass is 9.83. The topological polar surface area (TPSA) is 49.0 Å². The molecule has 3 atom stereocenters. The molecule has 1 saturated heterocycles. The average Bonchev–Trinajstić information content (AvgIpc) is 3.18. The first-order valence-corrected chi connectivity index (χ1v) is 8.71. The van der Waals surface area contributed by atoms with Crippen molar-refractivity contribution >= 4 is 16.9 Å². The van der Waals surface area contributed by atoms with E-state index in [0.29, 0.717) is 12.0 Å². The quantitative estimate of drug-likeness (QED) is 0.918. The molecule has 0 radical (unpaired) electrons. The van der Waals surface area contributed by atoms with E-state index in [1.165, 1.54) is 12.0 Å². The number of hydrogen-bond donors (Lipinski definition) is 1. The molecule has 2 unspecified atom stereocenters. The Morgan fingerprint density at radius 3 is 2.91 bits per heavy atom. The van der Waals surface area contributed by atoms with Crippen molar-refractivity contribution in [1.29, 1.82) is 0 Å². The van der Waals surface area contributed by atoms with Gasteiger partial charge in [-0.05, 0) is 56.7 Å². The molecular formula is C19H25N3O. The number of piperidine rings is 1. The first-order chi connectivity index (χ1) is 10.9. The Kier molecular flexibility index (Phi) is 3.09. The Hall–Kier alpha value is -1.84. The lowest BCUT2D eigenvalue weighted by Crippen LogP contribution is -2.53. The van der Waals surface area contributed by atoms with Crippen LogP contribution >= 0.6 is 0 Å². The summed E-state index contributed by atoms with van der Waals surface area (Å²) in [6.07, 6.45) is 3.45. The van der Waals surface area contributed by atoms with Crippen LogP contribution in [0.2, 0.25) is 0 Å². The number of nitrogens with one attached hydrogen (secondary N) is 1. The van der Waals surface area contributed by atoms with Crippen molar-refractivity contribution in [3.63, 3.8) is 0 Å². The second-order valence-corrected chi connectivity index (χ2v) is 7.78. The zero-order valence-electron chi connectivity index (χ0n) is 14.4. The molecule has 23 heavy (non-hydrogen) atoms. The highest BCUT2D eigenvalue weighted by Gasteiger charge is 2.58. The van der Waals surface area contributed by atoms with Crippen LogP contribution in [0.5, 0.6) is 0 Å². The molecule has 1 aromatic carbocycles. The van der Waals surface area contributed by atoms with Gasteiger partial charge in [0.05, 0.1) is 11.0 Å². The number of H-pyrrole nitrogens is 1. The highest BCUT2D eigenvalue weighted by molar-refractivity contribution is 5.81. The average molecular weight is 311 g/mol. The number of aromatic nitrogens is 2. The first kappa shape index (κ1) is 14.7. The van der Waals surface area contributed by atoms with E-state index >= 15 is 0 Å². The summed E-state index contributed by atoms with van der Waals surface area (Å²) in [6.45, 7) is 8.29. The fourth-order valence-corrected chi connectivity index (χ4v) is 4.64. The van der Waals surface area contributed by atoms with Gasteiger partial charge in [-0.3, -0.25) is 4.79 Å². The number of imidazole rings is 1. The molecule has 1 aliphatic carbocycles. The molecule has 2 aromatic rings. The zero-order valence-corrected chi connectivity index (χ0v) is 14.4. The number of carbonyl (C=O) groups excluding carboxylic acids is 1. The van der Waals surface area contributed by atoms with Crippen LogP contribution in [0.4, 0.5) is 0 Å². The SMILES string of the molecule is Cc1ccc2nc([C@]3(C)C4CCC(C4)N3C(=O)C(C)C)[nH]c2c1. The Morgan fingerprint density at radius 2 is 2.17 bits per heavy atom. The second kappa shape index (κ2) is 4.83. The molecule has 1 saturated carbocycles. The van der Waals surface area contributed by atoms with Crippen molar-refractivity contribution in [3.8, 4) is 0 Å². The van der Waals surface area contributed by atoms with E-state index in [2.05, 4.69) is 41.9 Å². The summed E-state index contributed by atoms with van der Waals surface area (Å²) in [5.74, 6) is 1.76. The van der Waals surface area contributed by atoms with Gasteiger partial charge in [-0.1, -0.05) is 19.9 Å². The molecule has 1 aromatic heterocycles. The number of carbonyl (C=O) groups is 1. The van der Waals surface area contributed by atoms with Crippen molar-refractivity contribution in [2.75, 3.05) is 0 Å². The van der Waals surface area contributed by atoms with Crippen molar-refractivity contribution in [2.45, 2.75) is 58.5 Å². The van der Waals surface area contributed by atoms with Gasteiger partial charge in [-0.2, -0.15) is 0 Å². The van der Waals surface area contributed by atoms with Crippen LogP contribution in [0.3, 0.4) is 0 Å². The lowest BCUT2D eigenvalue weighted by molar-refractivity contribution is -0.144. The minimum Gasteiger partial charge on any atom is -0.340 e. The van der Waals surface area contributed by atoms with Crippen LogP contribution in [0, 0.1) is 18.8 Å². The van der Waals surface area contributed by atoms with Gasteiger partial charge in [0, 0.05) is 12.0 Å². The molecule has 2 fully saturated rings. The van der Waals surface area contributed by atoms with Gasteiger partial charge in [0.2, 0.25) is 5.91 Å². The second-order valence-electron chi connectivity index (χ2n) is 7.78. The molecule has 4 rings (SSSR count). The Labute approximate surface area is 137 Å². The summed E-state index contributed by atoms with van der Waals surface area (Å²) in [7, 11) is 0. The Balaban J connectivity index is 1.84. The maximum atomic E-state index is 12.9. The lowest BCUT2D eigenvalue weighted by Gasteiger charge is -2.44. The van der Waals surface area contributed by atoms with Crippen LogP contribution in [0.1, 0.15) is 51.4 Å². The van der Waals surface area contributed by atoms with E-state index in [1.54, 1.807) is 0 Å². The number of rotatable bonds is 2. The summed E-state index contributed by atoms with van der Waals surface area (Å²) in [5, 5.41) is 0. The summed E-state index contributed by atoms with van der Waals surface area (Å²) < 4.78 is 0. The number of aromatic amines is 1. The molecule has 122 valence electrons. The number of aryl methyl sites for hydroxylation is 1. The van der Waals surface area contributed by atoms with Crippen LogP contribution in [0.15, 0.2) is 18.2 Å². The number of likely N-dealkylation sites (tertiary alicyclic amines) is 1. The van der Waals surface area contributed by atoms with Crippen LogP contribution in [-0.4, -0.2) is 26.8 Å². The molecule has 4 heteroatoms. The van der Waals surface area contributed by atoms with E-state index < -0.39 is 0 Å². The van der Waals surface area contributed by atoms with E-state index in [0.717, 1.165) is 29.7 Å². The van der Waals surface area contributed by atoms with Gasteiger partial charge in [-0.25, -0.2) is 4.98 Å². The van der Waals surface area contributed by atoms with Gasteiger partial charge in [-0.15, -0.1) is 0 Å². The molecule has 1 aliphatic heterocycles. The summed E-state index contributed by atoms with van der Waals surface area (Å²) >= 11 is 0. The Bertz CT molecular complexity index is 778. The highest BCUT2D eigenvalue weighted by atomic mass is 16.2. The van der Waals surface area contributed by atoms with Crippen LogP contribution < -0.4 is 0 Å². The van der Waals surface area contributed by atoms with Gasteiger partial charge in [0.1, 0.15) is 11.4 Å². The van der Waals surface area contributed by atoms with Gasteiger partial charge in [0.15, 0.2) is 0 Å². The normalized spacial score (nSPS) is 29.9. The van der Waals surface area contributed by atoms with E-state index in [4.69, 9.17) is 4.98 Å². The zero-order chi connectivity index (χ0) is 16.4. The fraction of sp³-hybridized carbons (Fsp3) is 0.579. The molecule has 1 N–H and O–H groups in total. The number of hydrogen-bond acceptors (Lipinski definition) is 2. The van der Waals surface area contributed by atoms with Gasteiger partial charge < -0.3 is 9.88 Å². The fourth-order valence-electron chi connectivity index (χ4n) is 4.64. The summed E-state index contributed by atoms with van der Waals surface area (Å²) in [6, 6.07) is 6.68. The number of benzene rings is 1. The largest absolute Gasteiger partial charge is 0.340 e. The predicted molar refractivity (Wildman–Crippen MR) is 91.0 cm³/mol. The van der Waals surface area contributed by atoms with Crippen LogP contribution in [-0.2, 0) is 10.3 Å². The highest BCUT2D eigenvalue weighted by Crippen LogP contribution is 2.54. The molecule has 2 heterocycles. The number of nitrogens with zero attached hydrogens (tertiary/aromatic N) is 2. The first-order valence-electron chi connectivity index (χ1n) is 8.71. The van der Waals surface area contributed by atoms with Gasteiger partial charge >= 0.3 is 0 Å².